The SMILES string of the molecule is COCCCNCC1(O)CCN(C(=O)OC(C)(C)C)CC1. The van der Waals surface area contributed by atoms with Crippen LogP contribution in [0.25, 0.3) is 0 Å². The highest BCUT2D eigenvalue weighted by molar-refractivity contribution is 5.68. The van der Waals surface area contributed by atoms with Gasteiger partial charge in [0.2, 0.25) is 0 Å². The summed E-state index contributed by atoms with van der Waals surface area (Å²) in [6, 6.07) is 0. The summed E-state index contributed by atoms with van der Waals surface area (Å²) in [5.41, 5.74) is -1.21. The number of nitrogens with zero attached hydrogens (tertiary/aromatic N) is 1. The number of carbonyl (C=O) groups is 1. The highest BCUT2D eigenvalue weighted by Crippen LogP contribution is 2.23. The summed E-state index contributed by atoms with van der Waals surface area (Å²) < 4.78 is 10.3. The molecule has 1 heterocycles. The first-order chi connectivity index (χ1) is 9.76. The maximum absolute atomic E-state index is 11.9. The minimum Gasteiger partial charge on any atom is -0.444 e. The molecule has 1 saturated heterocycles. The number of hydrogen-bond donors (Lipinski definition) is 2. The van der Waals surface area contributed by atoms with Crippen molar-refractivity contribution < 1.29 is 19.4 Å². The Bertz CT molecular complexity index is 320. The predicted molar refractivity (Wildman–Crippen MR) is 81.4 cm³/mol. The Balaban J connectivity index is 2.28. The summed E-state index contributed by atoms with van der Waals surface area (Å²) in [6.07, 6.45) is 1.78. The van der Waals surface area contributed by atoms with Gasteiger partial charge < -0.3 is 24.8 Å². The molecule has 0 spiro atoms. The molecule has 1 fully saturated rings. The van der Waals surface area contributed by atoms with E-state index in [1.807, 2.05) is 20.8 Å². The highest BCUT2D eigenvalue weighted by Gasteiger charge is 2.34. The minimum atomic E-state index is -0.731. The van der Waals surface area contributed by atoms with Gasteiger partial charge in [-0.25, -0.2) is 4.79 Å². The lowest BCUT2D eigenvalue weighted by Crippen LogP contribution is -2.52. The van der Waals surface area contributed by atoms with E-state index in [9.17, 15) is 9.90 Å². The van der Waals surface area contributed by atoms with Crippen LogP contribution in [0.4, 0.5) is 4.79 Å². The lowest BCUT2D eigenvalue weighted by molar-refractivity contribution is -0.0309. The zero-order valence-corrected chi connectivity index (χ0v) is 13.8. The van der Waals surface area contributed by atoms with Gasteiger partial charge in [0.05, 0.1) is 5.60 Å². The summed E-state index contributed by atoms with van der Waals surface area (Å²) in [7, 11) is 1.68. The van der Waals surface area contributed by atoms with Gasteiger partial charge in [0.25, 0.3) is 0 Å². The van der Waals surface area contributed by atoms with E-state index < -0.39 is 11.2 Å². The van der Waals surface area contributed by atoms with Crippen LogP contribution in [0.15, 0.2) is 0 Å². The van der Waals surface area contributed by atoms with Crippen molar-refractivity contribution in [3.8, 4) is 0 Å². The Morgan fingerprint density at radius 1 is 1.33 bits per heavy atom. The second-order valence-electron chi connectivity index (χ2n) is 6.71. The first-order valence-corrected chi connectivity index (χ1v) is 7.66. The Hall–Kier alpha value is -0.850. The maximum atomic E-state index is 11.9. The van der Waals surface area contributed by atoms with Crippen molar-refractivity contribution in [1.29, 1.82) is 0 Å². The van der Waals surface area contributed by atoms with E-state index in [0.29, 0.717) is 32.5 Å². The first kappa shape index (κ1) is 18.2. The summed E-state index contributed by atoms with van der Waals surface area (Å²) >= 11 is 0. The maximum Gasteiger partial charge on any atom is 0.410 e. The van der Waals surface area contributed by atoms with Gasteiger partial charge in [-0.15, -0.1) is 0 Å². The second kappa shape index (κ2) is 7.96. The van der Waals surface area contributed by atoms with E-state index >= 15 is 0 Å². The fraction of sp³-hybridized carbons (Fsp3) is 0.933. The van der Waals surface area contributed by atoms with Crippen LogP contribution in [0.5, 0.6) is 0 Å². The molecule has 0 aromatic rings. The molecule has 0 aliphatic carbocycles. The van der Waals surface area contributed by atoms with Crippen molar-refractivity contribution in [1.82, 2.24) is 10.2 Å². The van der Waals surface area contributed by atoms with Crippen molar-refractivity contribution in [2.24, 2.45) is 0 Å². The molecule has 124 valence electrons. The number of piperidine rings is 1. The topological polar surface area (TPSA) is 71.0 Å². The number of aliphatic hydroxyl groups is 1. The second-order valence-corrected chi connectivity index (χ2v) is 6.71. The number of ether oxygens (including phenoxy) is 2. The number of carbonyl (C=O) groups excluding carboxylic acids is 1. The average Bonchev–Trinajstić information content (AvgIpc) is 2.37. The van der Waals surface area contributed by atoms with E-state index in [4.69, 9.17) is 9.47 Å². The summed E-state index contributed by atoms with van der Waals surface area (Å²) in [4.78, 5) is 13.6. The minimum absolute atomic E-state index is 0.294. The van der Waals surface area contributed by atoms with E-state index in [-0.39, 0.29) is 6.09 Å². The van der Waals surface area contributed by atoms with Gasteiger partial charge >= 0.3 is 6.09 Å². The zero-order chi connectivity index (χ0) is 15.9. The Kier molecular flexibility index (Phi) is 6.90. The standard InChI is InChI=1S/C15H30N2O4/c1-14(2,3)21-13(18)17-9-6-15(19,7-10-17)12-16-8-5-11-20-4/h16,19H,5-12H2,1-4H3. The van der Waals surface area contributed by atoms with Crippen molar-refractivity contribution in [2.75, 3.05) is 39.9 Å². The van der Waals surface area contributed by atoms with Gasteiger partial charge in [0.1, 0.15) is 5.60 Å². The normalized spacial score (nSPS) is 18.6. The van der Waals surface area contributed by atoms with Gasteiger partial charge in [0, 0.05) is 33.4 Å². The van der Waals surface area contributed by atoms with E-state index in [1.165, 1.54) is 0 Å². The van der Waals surface area contributed by atoms with Gasteiger partial charge in [0.15, 0.2) is 0 Å². The quantitative estimate of drug-likeness (QED) is 0.725. The van der Waals surface area contributed by atoms with Gasteiger partial charge in [-0.1, -0.05) is 0 Å². The molecule has 0 aromatic heterocycles. The van der Waals surface area contributed by atoms with Crippen LogP contribution in [0, 0.1) is 0 Å². The fourth-order valence-electron chi connectivity index (χ4n) is 2.27. The van der Waals surface area contributed by atoms with Crippen LogP contribution < -0.4 is 5.32 Å². The molecule has 1 aliphatic rings. The zero-order valence-electron chi connectivity index (χ0n) is 13.8. The molecule has 0 atom stereocenters. The molecule has 0 unspecified atom stereocenters. The molecule has 1 amide bonds. The van der Waals surface area contributed by atoms with Crippen molar-refractivity contribution in [2.45, 2.75) is 51.2 Å². The van der Waals surface area contributed by atoms with E-state index in [2.05, 4.69) is 5.32 Å². The van der Waals surface area contributed by atoms with Crippen LogP contribution >= 0.6 is 0 Å². The van der Waals surface area contributed by atoms with E-state index in [0.717, 1.165) is 19.6 Å². The molecule has 2 N–H and O–H groups in total. The smallest absolute Gasteiger partial charge is 0.410 e. The average molecular weight is 302 g/mol. The van der Waals surface area contributed by atoms with Gasteiger partial charge in [-0.3, -0.25) is 0 Å². The third-order valence-corrected chi connectivity index (χ3v) is 3.50. The number of methoxy groups -OCH3 is 1. The van der Waals surface area contributed by atoms with Gasteiger partial charge in [-0.05, 0) is 46.6 Å². The molecule has 0 saturated carbocycles. The van der Waals surface area contributed by atoms with Crippen molar-refractivity contribution >= 4 is 6.09 Å². The summed E-state index contributed by atoms with van der Waals surface area (Å²) in [6.45, 7) is 8.73. The third kappa shape index (κ3) is 7.11. The van der Waals surface area contributed by atoms with Gasteiger partial charge in [-0.2, -0.15) is 0 Å². The fourth-order valence-corrected chi connectivity index (χ4v) is 2.27. The van der Waals surface area contributed by atoms with Crippen LogP contribution in [-0.2, 0) is 9.47 Å². The van der Waals surface area contributed by atoms with Crippen LogP contribution in [0.1, 0.15) is 40.0 Å². The molecular formula is C15H30N2O4. The Morgan fingerprint density at radius 3 is 2.48 bits per heavy atom. The van der Waals surface area contributed by atoms with Crippen molar-refractivity contribution in [3.05, 3.63) is 0 Å². The lowest BCUT2D eigenvalue weighted by atomic mass is 9.91. The summed E-state index contributed by atoms with van der Waals surface area (Å²) in [5.74, 6) is 0. The third-order valence-electron chi connectivity index (χ3n) is 3.50. The Labute approximate surface area is 127 Å². The number of hydrogen-bond acceptors (Lipinski definition) is 5. The molecule has 6 heteroatoms. The molecule has 6 nitrogen and oxygen atoms in total. The molecule has 0 bridgehead atoms. The predicted octanol–water partition coefficient (Wildman–Crippen LogP) is 1.37. The first-order valence-electron chi connectivity index (χ1n) is 7.66. The van der Waals surface area contributed by atoms with E-state index in [1.54, 1.807) is 12.0 Å². The molecule has 1 rings (SSSR count). The molecule has 1 aliphatic heterocycles. The summed E-state index contributed by atoms with van der Waals surface area (Å²) in [5, 5.41) is 13.7. The molecule has 0 aromatic carbocycles. The van der Waals surface area contributed by atoms with Crippen LogP contribution in [0.2, 0.25) is 0 Å². The molecule has 0 radical (unpaired) electrons. The van der Waals surface area contributed by atoms with Crippen LogP contribution in [-0.4, -0.2) is 67.2 Å². The number of likely N-dealkylation sites (tertiary alicyclic amines) is 1. The Morgan fingerprint density at radius 2 is 1.95 bits per heavy atom. The number of amides is 1. The largest absolute Gasteiger partial charge is 0.444 e. The molecule has 21 heavy (non-hydrogen) atoms. The number of nitrogens with one attached hydrogen (secondary N) is 1. The van der Waals surface area contributed by atoms with Crippen LogP contribution in [0.3, 0.4) is 0 Å². The lowest BCUT2D eigenvalue weighted by Gasteiger charge is -2.38. The number of rotatable bonds is 6. The highest BCUT2D eigenvalue weighted by atomic mass is 16.6. The molecular weight excluding hydrogens is 272 g/mol. The monoisotopic (exact) mass is 302 g/mol. The van der Waals surface area contributed by atoms with Crippen molar-refractivity contribution in [3.63, 3.8) is 0 Å².